The molecule has 0 amide bonds. The number of aliphatic hydroxyl groups is 1. The van der Waals surface area contributed by atoms with Gasteiger partial charge < -0.3 is 10.4 Å². The van der Waals surface area contributed by atoms with Crippen molar-refractivity contribution in [2.45, 2.75) is 39.2 Å². The third-order valence-electron chi connectivity index (χ3n) is 2.38. The Morgan fingerprint density at radius 2 is 2.19 bits per heavy atom. The van der Waals surface area contributed by atoms with Gasteiger partial charge in [0.05, 0.1) is 0 Å². The van der Waals surface area contributed by atoms with Gasteiger partial charge in [-0.15, -0.1) is 0 Å². The molecule has 0 aliphatic rings. The van der Waals surface area contributed by atoms with E-state index in [1.54, 1.807) is 6.07 Å². The molecule has 16 heavy (non-hydrogen) atoms. The zero-order valence-electron chi connectivity index (χ0n) is 9.70. The topological polar surface area (TPSA) is 58.0 Å². The number of hydrogen-bond donors (Lipinski definition) is 2. The van der Waals surface area contributed by atoms with Gasteiger partial charge in [-0.1, -0.05) is 25.4 Å². The summed E-state index contributed by atoms with van der Waals surface area (Å²) in [6.07, 6.45) is 2.40. The van der Waals surface area contributed by atoms with Gasteiger partial charge in [0.1, 0.15) is 16.8 Å². The predicted molar refractivity (Wildman–Crippen MR) is 65.8 cm³/mol. The molecule has 0 spiro atoms. The minimum atomic E-state index is 0.172. The number of aromatic nitrogens is 2. The first-order valence-corrected chi connectivity index (χ1v) is 5.98. The fourth-order valence-electron chi connectivity index (χ4n) is 1.44. The van der Waals surface area contributed by atoms with Crippen LogP contribution in [0.3, 0.4) is 0 Å². The summed E-state index contributed by atoms with van der Waals surface area (Å²) in [5.74, 6) is 1.46. The summed E-state index contributed by atoms with van der Waals surface area (Å²) in [7, 11) is 0. The second-order valence-electron chi connectivity index (χ2n) is 3.61. The van der Waals surface area contributed by atoms with E-state index in [4.69, 9.17) is 16.7 Å². The quantitative estimate of drug-likeness (QED) is 0.753. The molecule has 0 radical (unpaired) electrons. The summed E-state index contributed by atoms with van der Waals surface area (Å²) in [5, 5.41) is 12.6. The first-order valence-electron chi connectivity index (χ1n) is 5.60. The van der Waals surface area contributed by atoms with E-state index in [1.165, 1.54) is 0 Å². The minimum absolute atomic E-state index is 0.172. The smallest absolute Gasteiger partial charge is 0.134 e. The molecule has 0 aliphatic carbocycles. The average Bonchev–Trinajstić information content (AvgIpc) is 2.27. The maximum atomic E-state index is 8.90. The molecule has 1 rings (SSSR count). The van der Waals surface area contributed by atoms with Gasteiger partial charge in [-0.05, 0) is 12.8 Å². The monoisotopic (exact) mass is 243 g/mol. The van der Waals surface area contributed by atoms with Crippen LogP contribution in [-0.2, 0) is 6.42 Å². The standard InChI is InChI=1S/C11H18ClN3O/c1-3-8(5-6-16)13-11-7-9(12)14-10(4-2)15-11/h7-8,16H,3-6H2,1-2H3,(H,13,14,15). The SMILES string of the molecule is CCc1nc(Cl)cc(NC(CC)CCO)n1. The normalized spacial score (nSPS) is 12.5. The lowest BCUT2D eigenvalue weighted by atomic mass is 10.1. The zero-order valence-corrected chi connectivity index (χ0v) is 10.5. The highest BCUT2D eigenvalue weighted by Crippen LogP contribution is 2.14. The molecule has 0 fully saturated rings. The van der Waals surface area contributed by atoms with E-state index < -0.39 is 0 Å². The number of aryl methyl sites for hydroxylation is 1. The highest BCUT2D eigenvalue weighted by Gasteiger charge is 2.08. The van der Waals surface area contributed by atoms with Gasteiger partial charge in [0.15, 0.2) is 0 Å². The van der Waals surface area contributed by atoms with Crippen LogP contribution < -0.4 is 5.32 Å². The second-order valence-corrected chi connectivity index (χ2v) is 3.99. The molecule has 1 aromatic heterocycles. The van der Waals surface area contributed by atoms with Crippen LogP contribution in [0, 0.1) is 0 Å². The number of nitrogens with zero attached hydrogens (tertiary/aromatic N) is 2. The molecule has 1 heterocycles. The molecule has 0 aromatic carbocycles. The number of anilines is 1. The van der Waals surface area contributed by atoms with E-state index in [2.05, 4.69) is 22.2 Å². The number of halogens is 1. The van der Waals surface area contributed by atoms with E-state index in [9.17, 15) is 0 Å². The van der Waals surface area contributed by atoms with Gasteiger partial charge >= 0.3 is 0 Å². The lowest BCUT2D eigenvalue weighted by Crippen LogP contribution is -2.21. The van der Waals surface area contributed by atoms with Gasteiger partial charge in [-0.25, -0.2) is 9.97 Å². The van der Waals surface area contributed by atoms with Crippen LogP contribution in [0.2, 0.25) is 5.15 Å². The largest absolute Gasteiger partial charge is 0.396 e. The Morgan fingerprint density at radius 3 is 2.75 bits per heavy atom. The van der Waals surface area contributed by atoms with Gasteiger partial charge in [-0.2, -0.15) is 0 Å². The summed E-state index contributed by atoms with van der Waals surface area (Å²) < 4.78 is 0. The third kappa shape index (κ3) is 3.94. The molecule has 0 saturated carbocycles. The van der Waals surface area contributed by atoms with Crippen LogP contribution in [0.25, 0.3) is 0 Å². The van der Waals surface area contributed by atoms with Crippen LogP contribution in [-0.4, -0.2) is 27.7 Å². The highest BCUT2D eigenvalue weighted by atomic mass is 35.5. The molecule has 0 aliphatic heterocycles. The lowest BCUT2D eigenvalue weighted by Gasteiger charge is -2.16. The number of rotatable bonds is 6. The van der Waals surface area contributed by atoms with Crippen LogP contribution in [0.15, 0.2) is 6.07 Å². The summed E-state index contributed by atoms with van der Waals surface area (Å²) in [5.41, 5.74) is 0. The van der Waals surface area contributed by atoms with Crippen molar-refractivity contribution < 1.29 is 5.11 Å². The van der Waals surface area contributed by atoms with Gasteiger partial charge in [0, 0.05) is 25.1 Å². The second kappa shape index (κ2) is 6.66. The maximum Gasteiger partial charge on any atom is 0.134 e. The molecule has 2 N–H and O–H groups in total. The van der Waals surface area contributed by atoms with Crippen LogP contribution >= 0.6 is 11.6 Å². The van der Waals surface area contributed by atoms with Crippen molar-refractivity contribution in [1.82, 2.24) is 9.97 Å². The van der Waals surface area contributed by atoms with E-state index in [-0.39, 0.29) is 12.6 Å². The Balaban J connectivity index is 2.74. The molecular formula is C11H18ClN3O. The average molecular weight is 244 g/mol. The minimum Gasteiger partial charge on any atom is -0.396 e. The van der Waals surface area contributed by atoms with Crippen molar-refractivity contribution in [3.8, 4) is 0 Å². The molecule has 90 valence electrons. The summed E-state index contributed by atoms with van der Waals surface area (Å²) in [4.78, 5) is 8.43. The first kappa shape index (κ1) is 13.2. The summed E-state index contributed by atoms with van der Waals surface area (Å²) in [6.45, 7) is 4.22. The van der Waals surface area contributed by atoms with E-state index in [1.807, 2.05) is 6.92 Å². The summed E-state index contributed by atoms with van der Waals surface area (Å²) in [6, 6.07) is 1.93. The van der Waals surface area contributed by atoms with Crippen molar-refractivity contribution >= 4 is 17.4 Å². The van der Waals surface area contributed by atoms with Gasteiger partial charge in [0.25, 0.3) is 0 Å². The molecule has 0 saturated heterocycles. The Morgan fingerprint density at radius 1 is 1.44 bits per heavy atom. The molecular weight excluding hydrogens is 226 g/mol. The molecule has 5 heteroatoms. The Kier molecular flexibility index (Phi) is 5.49. The maximum absolute atomic E-state index is 8.90. The third-order valence-corrected chi connectivity index (χ3v) is 2.57. The van der Waals surface area contributed by atoms with E-state index >= 15 is 0 Å². The lowest BCUT2D eigenvalue weighted by molar-refractivity contribution is 0.278. The van der Waals surface area contributed by atoms with Crippen molar-refractivity contribution in [1.29, 1.82) is 0 Å². The Hall–Kier alpha value is -0.870. The van der Waals surface area contributed by atoms with Crippen LogP contribution in [0.5, 0.6) is 0 Å². The summed E-state index contributed by atoms with van der Waals surface area (Å²) >= 11 is 5.89. The fourth-order valence-corrected chi connectivity index (χ4v) is 1.64. The van der Waals surface area contributed by atoms with Crippen LogP contribution in [0.4, 0.5) is 5.82 Å². The molecule has 1 atom stereocenters. The Bertz CT molecular complexity index is 333. The van der Waals surface area contributed by atoms with Crippen molar-refractivity contribution in [2.75, 3.05) is 11.9 Å². The Labute approximate surface area is 101 Å². The fraction of sp³-hybridized carbons (Fsp3) is 0.636. The molecule has 1 unspecified atom stereocenters. The van der Waals surface area contributed by atoms with E-state index in [0.29, 0.717) is 11.6 Å². The molecule has 0 bridgehead atoms. The van der Waals surface area contributed by atoms with Gasteiger partial charge in [-0.3, -0.25) is 0 Å². The van der Waals surface area contributed by atoms with Crippen molar-refractivity contribution in [2.24, 2.45) is 0 Å². The predicted octanol–water partition coefficient (Wildman–Crippen LogP) is 2.27. The number of nitrogens with one attached hydrogen (secondary N) is 1. The number of aliphatic hydroxyl groups excluding tert-OH is 1. The van der Waals surface area contributed by atoms with Gasteiger partial charge in [0.2, 0.25) is 0 Å². The van der Waals surface area contributed by atoms with Crippen molar-refractivity contribution in [3.63, 3.8) is 0 Å². The first-order chi connectivity index (χ1) is 7.69. The highest BCUT2D eigenvalue weighted by molar-refractivity contribution is 6.29. The van der Waals surface area contributed by atoms with Crippen molar-refractivity contribution in [3.05, 3.63) is 17.0 Å². The van der Waals surface area contributed by atoms with Crippen LogP contribution in [0.1, 0.15) is 32.5 Å². The molecule has 1 aromatic rings. The zero-order chi connectivity index (χ0) is 12.0. The van der Waals surface area contributed by atoms with E-state index in [0.717, 1.165) is 24.5 Å². The number of hydrogen-bond acceptors (Lipinski definition) is 4. The molecule has 4 nitrogen and oxygen atoms in total.